The van der Waals surface area contributed by atoms with Crippen molar-refractivity contribution in [3.8, 4) is 0 Å². The maximum Gasteiger partial charge on any atom is 0.471 e. The number of carbonyl (C=O) groups excluding carboxylic acids is 1. The summed E-state index contributed by atoms with van der Waals surface area (Å²) in [6.45, 7) is 0.223. The van der Waals surface area contributed by atoms with E-state index in [0.717, 1.165) is 17.9 Å². The van der Waals surface area contributed by atoms with E-state index in [4.69, 9.17) is 4.84 Å². The zero-order chi connectivity index (χ0) is 16.4. The van der Waals surface area contributed by atoms with Gasteiger partial charge in [0.15, 0.2) is 3.69 Å². The van der Waals surface area contributed by atoms with Gasteiger partial charge in [-0.15, -0.1) is 0 Å². The average Bonchev–Trinajstić information content (AvgIpc) is 3.04. The lowest BCUT2D eigenvalue weighted by Crippen LogP contribution is -2.46. The van der Waals surface area contributed by atoms with Crippen LogP contribution in [0.3, 0.4) is 0 Å². The van der Waals surface area contributed by atoms with Crippen molar-refractivity contribution in [1.29, 1.82) is 0 Å². The third kappa shape index (κ3) is 3.73. The molecule has 0 spiro atoms. The Kier molecular flexibility index (Phi) is 4.69. The third-order valence-corrected chi connectivity index (χ3v) is 6.69. The molecule has 1 aromatic carbocycles. The molecule has 2 heterocycles. The number of nitrogens with zero attached hydrogens (tertiary/aromatic N) is 2. The van der Waals surface area contributed by atoms with Crippen LogP contribution in [0.15, 0.2) is 35.5 Å². The number of amides is 1. The first-order chi connectivity index (χ1) is 10.9. The monoisotopic (exact) mass is 438 g/mol. The highest BCUT2D eigenvalue weighted by Gasteiger charge is 2.43. The van der Waals surface area contributed by atoms with Gasteiger partial charge in [-0.1, -0.05) is 35.5 Å². The van der Waals surface area contributed by atoms with Gasteiger partial charge in [0, 0.05) is 24.6 Å². The normalized spacial score (nSPS) is 19.5. The van der Waals surface area contributed by atoms with Crippen molar-refractivity contribution in [3.63, 3.8) is 0 Å². The van der Waals surface area contributed by atoms with Gasteiger partial charge < -0.3 is 9.74 Å². The minimum Gasteiger partial charge on any atom is -0.354 e. The van der Waals surface area contributed by atoms with Crippen LogP contribution < -0.4 is 0 Å². The van der Waals surface area contributed by atoms with Gasteiger partial charge in [-0.25, -0.2) is 0 Å². The van der Waals surface area contributed by atoms with E-state index < -0.39 is 32.8 Å². The molecular weight excluding hydrogens is 424 g/mol. The summed E-state index contributed by atoms with van der Waals surface area (Å²) in [6.07, 6.45) is -3.80. The van der Waals surface area contributed by atoms with Crippen molar-refractivity contribution < 1.29 is 22.8 Å². The molecular formula is C15H14F3IN2O2. The van der Waals surface area contributed by atoms with Crippen LogP contribution in [-0.2, 0) is 9.63 Å². The molecule has 0 aromatic heterocycles. The van der Waals surface area contributed by atoms with Gasteiger partial charge in [-0.3, -0.25) is 4.79 Å². The van der Waals surface area contributed by atoms with Gasteiger partial charge in [0.25, 0.3) is 0 Å². The second-order valence-electron chi connectivity index (χ2n) is 5.30. The molecule has 1 saturated heterocycles. The van der Waals surface area contributed by atoms with Gasteiger partial charge in [0.05, 0.1) is 0 Å². The van der Waals surface area contributed by atoms with E-state index in [2.05, 4.69) is 5.16 Å². The molecule has 2 aliphatic rings. The summed E-state index contributed by atoms with van der Waals surface area (Å²) in [5, 5.41) is 4.12. The number of hydrogen-bond donors (Lipinski definition) is 0. The number of likely N-dealkylation sites (tertiary alicyclic amines) is 1. The standard InChI is InChI=1S/C15H14F3IN2O2/c16-15(17,18)14(22)21-8-6-11(7-9-21)13-19-12(20-23-13)10-4-2-1-3-5-10/h1-5,11H,6-9H2. The Morgan fingerprint density at radius 2 is 1.87 bits per heavy atom. The highest BCUT2D eigenvalue weighted by atomic mass is 127. The van der Waals surface area contributed by atoms with Crippen LogP contribution in [0.25, 0.3) is 0 Å². The first-order valence-electron chi connectivity index (χ1n) is 7.13. The predicted octanol–water partition coefficient (Wildman–Crippen LogP) is 3.28. The van der Waals surface area contributed by atoms with Crippen molar-refractivity contribution in [2.24, 2.45) is 11.1 Å². The minimum atomic E-state index is -4.79. The van der Waals surface area contributed by atoms with Gasteiger partial charge >= 0.3 is 12.1 Å². The molecule has 2 aliphatic heterocycles. The van der Waals surface area contributed by atoms with E-state index in [-0.39, 0.29) is 19.0 Å². The molecule has 3 rings (SSSR count). The Morgan fingerprint density at radius 3 is 2.48 bits per heavy atom. The molecule has 1 fully saturated rings. The number of piperidine rings is 1. The van der Waals surface area contributed by atoms with Crippen LogP contribution in [0.2, 0.25) is 0 Å². The molecule has 0 atom stereocenters. The number of halogens is 4. The lowest BCUT2D eigenvalue weighted by Gasteiger charge is -2.31. The number of benzene rings is 1. The maximum atomic E-state index is 12.4. The van der Waals surface area contributed by atoms with Crippen LogP contribution in [0.4, 0.5) is 13.2 Å². The lowest BCUT2D eigenvalue weighted by molar-refractivity contribution is -0.186. The fourth-order valence-electron chi connectivity index (χ4n) is 2.53. The molecule has 1 amide bonds. The third-order valence-electron chi connectivity index (χ3n) is 3.75. The zero-order valence-corrected chi connectivity index (χ0v) is 14.2. The highest BCUT2D eigenvalue weighted by molar-refractivity contribution is 14.2. The van der Waals surface area contributed by atoms with E-state index in [9.17, 15) is 18.0 Å². The van der Waals surface area contributed by atoms with E-state index >= 15 is 0 Å². The Hall–Kier alpha value is -1.45. The summed E-state index contributed by atoms with van der Waals surface area (Å²) in [4.78, 5) is 17.6. The second kappa shape index (κ2) is 6.58. The van der Waals surface area contributed by atoms with Gasteiger partial charge in [0.1, 0.15) is 3.72 Å². The quantitative estimate of drug-likeness (QED) is 0.666. The van der Waals surface area contributed by atoms with Crippen molar-refractivity contribution in [3.05, 3.63) is 35.9 Å². The molecule has 8 heteroatoms. The van der Waals surface area contributed by atoms with Crippen LogP contribution in [-0.4, -0.2) is 37.5 Å². The molecule has 0 radical (unpaired) electrons. The predicted molar refractivity (Wildman–Crippen MR) is 88.5 cm³/mol. The molecule has 0 saturated carbocycles. The SMILES string of the molecule is O=C(N1CCC(C2=IC(c3ccccc3)=NO2)CC1)C(F)(F)F. The van der Waals surface area contributed by atoms with E-state index in [0.29, 0.717) is 12.8 Å². The Morgan fingerprint density at radius 1 is 1.22 bits per heavy atom. The molecule has 0 N–H and O–H groups in total. The molecule has 4 nitrogen and oxygen atoms in total. The number of carbonyl (C=O) groups is 1. The van der Waals surface area contributed by atoms with Crippen LogP contribution >= 0.6 is 20.7 Å². The van der Waals surface area contributed by atoms with Gasteiger partial charge in [0.2, 0.25) is 0 Å². The Bertz CT molecular complexity index is 650. The number of rotatable bonds is 2. The van der Waals surface area contributed by atoms with Crippen LogP contribution in [0.1, 0.15) is 18.4 Å². The molecule has 0 bridgehead atoms. The Balaban J connectivity index is 1.60. The van der Waals surface area contributed by atoms with Crippen molar-refractivity contribution in [2.45, 2.75) is 19.0 Å². The highest BCUT2D eigenvalue weighted by Crippen LogP contribution is 2.31. The number of oxime groups is 1. The summed E-state index contributed by atoms with van der Waals surface area (Å²) < 4.78 is 39.1. The van der Waals surface area contributed by atoms with E-state index in [1.165, 1.54) is 0 Å². The summed E-state index contributed by atoms with van der Waals surface area (Å²) in [7, 11) is 0. The maximum absolute atomic E-state index is 12.4. The molecule has 0 aliphatic carbocycles. The second-order valence-corrected chi connectivity index (χ2v) is 7.93. The molecule has 1 aromatic rings. The van der Waals surface area contributed by atoms with E-state index in [1.54, 1.807) is 0 Å². The van der Waals surface area contributed by atoms with Crippen molar-refractivity contribution in [2.75, 3.05) is 13.1 Å². The zero-order valence-electron chi connectivity index (χ0n) is 12.0. The first-order valence-corrected chi connectivity index (χ1v) is 9.29. The average molecular weight is 438 g/mol. The summed E-state index contributed by atoms with van der Waals surface area (Å²) in [5.41, 5.74) is 1.03. The fraction of sp³-hybridized carbons (Fsp3) is 0.400. The van der Waals surface area contributed by atoms with Gasteiger partial charge in [-0.2, -0.15) is 13.2 Å². The Labute approximate surface area is 141 Å². The summed E-state index contributed by atoms with van der Waals surface area (Å²) in [6, 6.07) is 9.72. The van der Waals surface area contributed by atoms with Crippen LogP contribution in [0, 0.1) is 5.92 Å². The largest absolute Gasteiger partial charge is 0.471 e. The number of alkyl halides is 3. The van der Waals surface area contributed by atoms with Crippen molar-refractivity contribution >= 4 is 34.1 Å². The molecule has 0 unspecified atom stereocenters. The molecule has 23 heavy (non-hydrogen) atoms. The number of hydrogen-bond acceptors (Lipinski definition) is 3. The molecule has 124 valence electrons. The minimum absolute atomic E-state index is 0.0880. The fourth-order valence-corrected chi connectivity index (χ4v) is 5.16. The smallest absolute Gasteiger partial charge is 0.354 e. The van der Waals surface area contributed by atoms with E-state index in [1.807, 2.05) is 30.3 Å². The van der Waals surface area contributed by atoms with Crippen molar-refractivity contribution in [1.82, 2.24) is 4.90 Å². The topological polar surface area (TPSA) is 41.9 Å². The first kappa shape index (κ1) is 16.4. The summed E-state index contributed by atoms with van der Waals surface area (Å²) in [5.74, 6) is -1.66. The van der Waals surface area contributed by atoms with Crippen LogP contribution in [0.5, 0.6) is 0 Å². The van der Waals surface area contributed by atoms with Gasteiger partial charge in [-0.05, 0) is 33.6 Å². The summed E-state index contributed by atoms with van der Waals surface area (Å²) >= 11 is -0.528. The lowest BCUT2D eigenvalue weighted by atomic mass is 9.98.